The average Bonchev–Trinajstić information content (AvgIpc) is 2.66. The number of rotatable bonds is 4. The highest BCUT2D eigenvalue weighted by atomic mass is 32.2. The molecule has 0 aliphatic carbocycles. The normalized spacial score (nSPS) is 16.2. The van der Waals surface area contributed by atoms with E-state index in [2.05, 4.69) is 0 Å². The standard InChI is InChI=1S/C14H19NO6S/c1-8-9(2)13-10(6-14(3,4)21-13)11(12(8)15(16)17)7-20-22(5,18)19/h6-7H2,1-5H3. The summed E-state index contributed by atoms with van der Waals surface area (Å²) in [7, 11) is -3.70. The second-order valence-corrected chi connectivity index (χ2v) is 7.79. The Labute approximate surface area is 129 Å². The van der Waals surface area contributed by atoms with Crippen molar-refractivity contribution in [2.75, 3.05) is 6.26 Å². The van der Waals surface area contributed by atoms with E-state index in [0.29, 0.717) is 28.9 Å². The molecule has 1 heterocycles. The number of nitro benzene ring substituents is 1. The van der Waals surface area contributed by atoms with E-state index in [1.165, 1.54) is 0 Å². The molecule has 0 atom stereocenters. The molecular formula is C14H19NO6S. The quantitative estimate of drug-likeness (QED) is 0.478. The zero-order valence-corrected chi connectivity index (χ0v) is 14.0. The van der Waals surface area contributed by atoms with Crippen LogP contribution in [0.5, 0.6) is 5.75 Å². The first-order valence-corrected chi connectivity index (χ1v) is 8.57. The van der Waals surface area contributed by atoms with Crippen LogP contribution < -0.4 is 4.74 Å². The molecule has 1 aliphatic rings. The summed E-state index contributed by atoms with van der Waals surface area (Å²) in [6.45, 7) is 6.80. The fourth-order valence-electron chi connectivity index (χ4n) is 2.71. The molecule has 1 aromatic carbocycles. The lowest BCUT2D eigenvalue weighted by atomic mass is 9.92. The molecule has 0 radical (unpaired) electrons. The minimum atomic E-state index is -3.70. The van der Waals surface area contributed by atoms with E-state index in [1.807, 2.05) is 13.8 Å². The second-order valence-electron chi connectivity index (χ2n) is 6.15. The average molecular weight is 329 g/mol. The minimum absolute atomic E-state index is 0.0961. The third-order valence-corrected chi connectivity index (χ3v) is 4.31. The Morgan fingerprint density at radius 3 is 2.41 bits per heavy atom. The molecule has 0 amide bonds. The van der Waals surface area contributed by atoms with Gasteiger partial charge in [0.25, 0.3) is 15.8 Å². The molecule has 0 saturated carbocycles. The van der Waals surface area contributed by atoms with Gasteiger partial charge in [-0.2, -0.15) is 8.42 Å². The van der Waals surface area contributed by atoms with Gasteiger partial charge in [-0.25, -0.2) is 0 Å². The molecule has 2 rings (SSSR count). The zero-order chi connectivity index (χ0) is 16.9. The lowest BCUT2D eigenvalue weighted by Crippen LogP contribution is -2.25. The van der Waals surface area contributed by atoms with Crippen LogP contribution in [0.1, 0.15) is 36.1 Å². The van der Waals surface area contributed by atoms with Crippen LogP contribution in [0.2, 0.25) is 0 Å². The predicted octanol–water partition coefficient (Wildman–Crippen LogP) is 2.40. The highest BCUT2D eigenvalue weighted by Crippen LogP contribution is 2.45. The van der Waals surface area contributed by atoms with E-state index in [0.717, 1.165) is 6.26 Å². The van der Waals surface area contributed by atoms with Crippen molar-refractivity contribution >= 4 is 15.8 Å². The Bertz CT molecular complexity index is 751. The van der Waals surface area contributed by atoms with Gasteiger partial charge in [0, 0.05) is 23.1 Å². The minimum Gasteiger partial charge on any atom is -0.487 e. The monoisotopic (exact) mass is 329 g/mol. The molecular weight excluding hydrogens is 310 g/mol. The van der Waals surface area contributed by atoms with E-state index in [-0.39, 0.29) is 17.9 Å². The fraction of sp³-hybridized carbons (Fsp3) is 0.571. The lowest BCUT2D eigenvalue weighted by Gasteiger charge is -2.18. The summed E-state index contributed by atoms with van der Waals surface area (Å²) in [5.41, 5.74) is 1.52. The van der Waals surface area contributed by atoms with Crippen LogP contribution in [0.3, 0.4) is 0 Å². The smallest absolute Gasteiger partial charge is 0.278 e. The Morgan fingerprint density at radius 1 is 1.32 bits per heavy atom. The molecule has 0 bridgehead atoms. The largest absolute Gasteiger partial charge is 0.487 e. The van der Waals surface area contributed by atoms with Crippen LogP contribution in [0.15, 0.2) is 0 Å². The van der Waals surface area contributed by atoms with Crippen LogP contribution in [-0.2, 0) is 27.3 Å². The summed E-state index contributed by atoms with van der Waals surface area (Å²) in [6.07, 6.45) is 1.38. The van der Waals surface area contributed by atoms with E-state index in [9.17, 15) is 18.5 Å². The first-order valence-electron chi connectivity index (χ1n) is 6.75. The molecule has 8 heteroatoms. The first-order chi connectivity index (χ1) is 9.93. The summed E-state index contributed by atoms with van der Waals surface area (Å²) < 4.78 is 33.2. The molecule has 0 fully saturated rings. The number of hydrogen-bond acceptors (Lipinski definition) is 6. The van der Waals surface area contributed by atoms with Crippen LogP contribution >= 0.6 is 0 Å². The van der Waals surface area contributed by atoms with Gasteiger partial charge in [0.15, 0.2) is 0 Å². The molecule has 22 heavy (non-hydrogen) atoms. The maximum Gasteiger partial charge on any atom is 0.278 e. The SMILES string of the molecule is Cc1c(C)c([N+](=O)[O-])c(COS(C)(=O)=O)c2c1OC(C)(C)C2. The molecule has 0 N–H and O–H groups in total. The van der Waals surface area contributed by atoms with Crippen molar-refractivity contribution in [1.29, 1.82) is 0 Å². The van der Waals surface area contributed by atoms with Gasteiger partial charge in [-0.3, -0.25) is 14.3 Å². The number of hydrogen-bond donors (Lipinski definition) is 0. The third kappa shape index (κ3) is 3.07. The van der Waals surface area contributed by atoms with Gasteiger partial charge in [-0.05, 0) is 27.7 Å². The number of fused-ring (bicyclic) bond motifs is 1. The van der Waals surface area contributed by atoms with Gasteiger partial charge >= 0.3 is 0 Å². The molecule has 1 aliphatic heterocycles. The number of nitro groups is 1. The maximum atomic E-state index is 11.4. The van der Waals surface area contributed by atoms with Crippen LogP contribution in [0, 0.1) is 24.0 Å². The fourth-order valence-corrected chi connectivity index (χ4v) is 3.04. The zero-order valence-electron chi connectivity index (χ0n) is 13.2. The van der Waals surface area contributed by atoms with Crippen molar-refractivity contribution in [2.24, 2.45) is 0 Å². The van der Waals surface area contributed by atoms with Crippen LogP contribution in [0.4, 0.5) is 5.69 Å². The van der Waals surface area contributed by atoms with Gasteiger partial charge in [0.05, 0.1) is 23.3 Å². The summed E-state index contributed by atoms with van der Waals surface area (Å²) in [5.74, 6) is 0.597. The third-order valence-electron chi connectivity index (χ3n) is 3.76. The Balaban J connectivity index is 2.67. The van der Waals surface area contributed by atoms with Gasteiger partial charge < -0.3 is 4.74 Å². The van der Waals surface area contributed by atoms with Gasteiger partial charge in [0.1, 0.15) is 11.4 Å². The molecule has 0 aromatic heterocycles. The molecule has 0 spiro atoms. The van der Waals surface area contributed by atoms with Gasteiger partial charge in [-0.1, -0.05) is 0 Å². The number of nitrogens with zero attached hydrogens (tertiary/aromatic N) is 1. The molecule has 7 nitrogen and oxygen atoms in total. The van der Waals surface area contributed by atoms with E-state index in [1.54, 1.807) is 13.8 Å². The van der Waals surface area contributed by atoms with E-state index >= 15 is 0 Å². The maximum absolute atomic E-state index is 11.4. The summed E-state index contributed by atoms with van der Waals surface area (Å²) in [5, 5.41) is 11.4. The van der Waals surface area contributed by atoms with Crippen LogP contribution in [0.25, 0.3) is 0 Å². The number of benzene rings is 1. The van der Waals surface area contributed by atoms with Crippen molar-refractivity contribution in [3.63, 3.8) is 0 Å². The molecule has 122 valence electrons. The van der Waals surface area contributed by atoms with Crippen molar-refractivity contribution < 1.29 is 22.3 Å². The lowest BCUT2D eigenvalue weighted by molar-refractivity contribution is -0.386. The van der Waals surface area contributed by atoms with Crippen molar-refractivity contribution in [1.82, 2.24) is 0 Å². The van der Waals surface area contributed by atoms with Gasteiger partial charge in [0.2, 0.25) is 0 Å². The first kappa shape index (κ1) is 16.7. The second kappa shape index (κ2) is 5.20. The van der Waals surface area contributed by atoms with Crippen molar-refractivity contribution in [3.05, 3.63) is 32.4 Å². The van der Waals surface area contributed by atoms with Crippen LogP contribution in [-0.4, -0.2) is 25.2 Å². The summed E-state index contributed by atoms with van der Waals surface area (Å²) >= 11 is 0. The molecule has 0 saturated heterocycles. The Hall–Kier alpha value is -1.67. The predicted molar refractivity (Wildman–Crippen MR) is 80.6 cm³/mol. The van der Waals surface area contributed by atoms with Gasteiger partial charge in [-0.15, -0.1) is 0 Å². The number of ether oxygens (including phenoxy) is 1. The van der Waals surface area contributed by atoms with E-state index < -0.39 is 20.6 Å². The van der Waals surface area contributed by atoms with Crippen molar-refractivity contribution in [3.8, 4) is 5.75 Å². The molecule has 0 unspecified atom stereocenters. The Morgan fingerprint density at radius 2 is 1.91 bits per heavy atom. The molecule has 1 aromatic rings. The van der Waals surface area contributed by atoms with Crippen molar-refractivity contribution in [2.45, 2.75) is 46.3 Å². The highest BCUT2D eigenvalue weighted by Gasteiger charge is 2.38. The van der Waals surface area contributed by atoms with E-state index in [4.69, 9.17) is 8.92 Å². The summed E-state index contributed by atoms with van der Waals surface area (Å²) in [6, 6.07) is 0. The highest BCUT2D eigenvalue weighted by molar-refractivity contribution is 7.85. The Kier molecular flexibility index (Phi) is 3.95. The topological polar surface area (TPSA) is 95.7 Å². The summed E-state index contributed by atoms with van der Waals surface area (Å²) in [4.78, 5) is 10.9.